The molecule has 0 fully saturated rings. The molecule has 0 aliphatic heterocycles. The first-order valence-corrected chi connectivity index (χ1v) is 5.52. The summed E-state index contributed by atoms with van der Waals surface area (Å²) in [6.45, 7) is 4.72. The van der Waals surface area contributed by atoms with Crippen molar-refractivity contribution in [2.45, 2.75) is 32.4 Å². The molecule has 17 heavy (non-hydrogen) atoms. The number of amides is 2. The minimum Gasteiger partial charge on any atom is -0.480 e. The summed E-state index contributed by atoms with van der Waals surface area (Å²) in [5, 5.41) is 22.5. The molecule has 0 unspecified atom stereocenters. The van der Waals surface area contributed by atoms with Gasteiger partial charge in [0.05, 0.1) is 6.10 Å². The SMILES string of the molecule is CCOCCCNC(=O)N[C@H](C(=O)O)[C@@H](C)O. The number of carboxylic acids is 1. The van der Waals surface area contributed by atoms with E-state index in [0.717, 1.165) is 0 Å². The molecule has 0 aromatic rings. The second-order valence-electron chi connectivity index (χ2n) is 3.51. The van der Waals surface area contributed by atoms with Crippen LogP contribution in [-0.2, 0) is 9.53 Å². The second-order valence-corrected chi connectivity index (χ2v) is 3.51. The lowest BCUT2D eigenvalue weighted by Crippen LogP contribution is -2.51. The Balaban J connectivity index is 3.80. The molecule has 7 nitrogen and oxygen atoms in total. The molecule has 0 aliphatic rings. The van der Waals surface area contributed by atoms with Crippen molar-refractivity contribution in [3.05, 3.63) is 0 Å². The number of hydrogen-bond donors (Lipinski definition) is 4. The summed E-state index contributed by atoms with van der Waals surface area (Å²) in [6, 6.07) is -1.92. The molecule has 0 saturated heterocycles. The number of carbonyl (C=O) groups excluding carboxylic acids is 1. The topological polar surface area (TPSA) is 108 Å². The standard InChI is InChI=1S/C10H20N2O5/c1-3-17-6-4-5-11-10(16)12-8(7(2)13)9(14)15/h7-8,13H,3-6H2,1-2H3,(H,14,15)(H2,11,12,16)/t7-,8+/m1/s1. The van der Waals surface area contributed by atoms with Crippen LogP contribution in [0.2, 0.25) is 0 Å². The quantitative estimate of drug-likeness (QED) is 0.435. The van der Waals surface area contributed by atoms with Gasteiger partial charge in [-0.05, 0) is 20.3 Å². The third kappa shape index (κ3) is 7.53. The molecule has 2 amide bonds. The van der Waals surface area contributed by atoms with Crippen LogP contribution in [0.1, 0.15) is 20.3 Å². The molecule has 0 bridgehead atoms. The van der Waals surface area contributed by atoms with Crippen LogP contribution < -0.4 is 10.6 Å². The van der Waals surface area contributed by atoms with Crippen LogP contribution in [0.3, 0.4) is 0 Å². The Morgan fingerprint density at radius 1 is 1.41 bits per heavy atom. The van der Waals surface area contributed by atoms with Gasteiger partial charge in [-0.15, -0.1) is 0 Å². The Morgan fingerprint density at radius 3 is 2.53 bits per heavy atom. The molecule has 0 aliphatic carbocycles. The lowest BCUT2D eigenvalue weighted by molar-refractivity contribution is -0.141. The summed E-state index contributed by atoms with van der Waals surface area (Å²) in [7, 11) is 0. The predicted molar refractivity (Wildman–Crippen MR) is 60.7 cm³/mol. The first-order chi connectivity index (χ1) is 7.99. The Morgan fingerprint density at radius 2 is 2.06 bits per heavy atom. The molecule has 4 N–H and O–H groups in total. The maximum atomic E-state index is 11.3. The van der Waals surface area contributed by atoms with Crippen LogP contribution in [0.4, 0.5) is 4.79 Å². The summed E-state index contributed by atoms with van der Waals surface area (Å²) < 4.78 is 5.07. The first-order valence-electron chi connectivity index (χ1n) is 5.52. The van der Waals surface area contributed by atoms with Crippen LogP contribution >= 0.6 is 0 Å². The summed E-state index contributed by atoms with van der Waals surface area (Å²) in [5.74, 6) is -1.27. The van der Waals surface area contributed by atoms with E-state index in [2.05, 4.69) is 10.6 Å². The molecule has 0 aromatic carbocycles. The van der Waals surface area contributed by atoms with E-state index in [4.69, 9.17) is 14.9 Å². The molecule has 2 atom stereocenters. The van der Waals surface area contributed by atoms with Gasteiger partial charge in [-0.25, -0.2) is 9.59 Å². The van der Waals surface area contributed by atoms with Crippen molar-refractivity contribution in [2.75, 3.05) is 19.8 Å². The molecular formula is C10H20N2O5. The fourth-order valence-electron chi connectivity index (χ4n) is 1.10. The van der Waals surface area contributed by atoms with Crippen LogP contribution in [0.5, 0.6) is 0 Å². The minimum atomic E-state index is -1.30. The molecule has 100 valence electrons. The highest BCUT2D eigenvalue weighted by Crippen LogP contribution is 1.92. The van der Waals surface area contributed by atoms with E-state index in [1.165, 1.54) is 6.92 Å². The Hall–Kier alpha value is -1.34. The second kappa shape index (κ2) is 8.77. The minimum absolute atomic E-state index is 0.387. The van der Waals surface area contributed by atoms with Crippen LogP contribution in [-0.4, -0.2) is 54.1 Å². The first kappa shape index (κ1) is 15.7. The molecule has 0 radical (unpaired) electrons. The summed E-state index contributed by atoms with van der Waals surface area (Å²) in [5.41, 5.74) is 0. The van der Waals surface area contributed by atoms with Crippen molar-refractivity contribution in [1.82, 2.24) is 10.6 Å². The molecule has 0 heterocycles. The largest absolute Gasteiger partial charge is 0.480 e. The zero-order chi connectivity index (χ0) is 13.3. The average molecular weight is 248 g/mol. The highest BCUT2D eigenvalue weighted by atomic mass is 16.5. The van der Waals surface area contributed by atoms with Gasteiger partial charge in [0.1, 0.15) is 0 Å². The van der Waals surface area contributed by atoms with E-state index >= 15 is 0 Å². The fraction of sp³-hybridized carbons (Fsp3) is 0.800. The number of urea groups is 1. The third-order valence-corrected chi connectivity index (χ3v) is 1.99. The summed E-state index contributed by atoms with van der Waals surface area (Å²) >= 11 is 0. The van der Waals surface area contributed by atoms with Crippen molar-refractivity contribution in [2.24, 2.45) is 0 Å². The number of aliphatic hydroxyl groups is 1. The molecule has 0 spiro atoms. The van der Waals surface area contributed by atoms with E-state index in [-0.39, 0.29) is 0 Å². The van der Waals surface area contributed by atoms with Gasteiger partial charge in [-0.3, -0.25) is 0 Å². The highest BCUT2D eigenvalue weighted by Gasteiger charge is 2.24. The van der Waals surface area contributed by atoms with Crippen molar-refractivity contribution >= 4 is 12.0 Å². The summed E-state index contributed by atoms with van der Waals surface area (Å²) in [6.07, 6.45) is -0.505. The Bertz CT molecular complexity index is 245. The van der Waals surface area contributed by atoms with Gasteiger partial charge in [0.25, 0.3) is 0 Å². The fourth-order valence-corrected chi connectivity index (χ4v) is 1.10. The van der Waals surface area contributed by atoms with Crippen molar-refractivity contribution in [3.63, 3.8) is 0 Å². The van der Waals surface area contributed by atoms with Crippen molar-refractivity contribution < 1.29 is 24.5 Å². The summed E-state index contributed by atoms with van der Waals surface area (Å²) in [4.78, 5) is 21.9. The molecule has 0 aromatic heterocycles. The number of carbonyl (C=O) groups is 2. The van der Waals surface area contributed by atoms with Gasteiger partial charge in [0.15, 0.2) is 6.04 Å². The lowest BCUT2D eigenvalue weighted by atomic mass is 10.2. The van der Waals surface area contributed by atoms with Gasteiger partial charge in [0.2, 0.25) is 0 Å². The van der Waals surface area contributed by atoms with Gasteiger partial charge in [-0.1, -0.05) is 0 Å². The zero-order valence-corrected chi connectivity index (χ0v) is 10.1. The lowest BCUT2D eigenvalue weighted by Gasteiger charge is -2.17. The number of ether oxygens (including phenoxy) is 1. The van der Waals surface area contributed by atoms with Gasteiger partial charge in [-0.2, -0.15) is 0 Å². The van der Waals surface area contributed by atoms with Gasteiger partial charge >= 0.3 is 12.0 Å². The third-order valence-electron chi connectivity index (χ3n) is 1.99. The molecular weight excluding hydrogens is 228 g/mol. The average Bonchev–Trinajstić information content (AvgIpc) is 2.24. The number of carboxylic acid groups (broad SMARTS) is 1. The molecule has 0 saturated carbocycles. The van der Waals surface area contributed by atoms with E-state index in [0.29, 0.717) is 26.2 Å². The van der Waals surface area contributed by atoms with E-state index in [9.17, 15) is 9.59 Å². The maximum absolute atomic E-state index is 11.3. The highest BCUT2D eigenvalue weighted by molar-refractivity contribution is 5.82. The predicted octanol–water partition coefficient (Wildman–Crippen LogP) is -0.454. The van der Waals surface area contributed by atoms with E-state index < -0.39 is 24.1 Å². The number of rotatable bonds is 8. The van der Waals surface area contributed by atoms with Crippen molar-refractivity contribution in [1.29, 1.82) is 0 Å². The zero-order valence-electron chi connectivity index (χ0n) is 10.1. The van der Waals surface area contributed by atoms with Gasteiger partial charge in [0, 0.05) is 19.8 Å². The molecule has 0 rings (SSSR count). The smallest absolute Gasteiger partial charge is 0.328 e. The van der Waals surface area contributed by atoms with E-state index in [1.807, 2.05) is 6.92 Å². The van der Waals surface area contributed by atoms with E-state index in [1.54, 1.807) is 0 Å². The number of aliphatic hydroxyl groups excluding tert-OH is 1. The van der Waals surface area contributed by atoms with Crippen molar-refractivity contribution in [3.8, 4) is 0 Å². The number of nitrogens with one attached hydrogen (secondary N) is 2. The Labute approximate surface area is 100 Å². The maximum Gasteiger partial charge on any atom is 0.328 e. The number of aliphatic carboxylic acids is 1. The number of hydrogen-bond acceptors (Lipinski definition) is 4. The monoisotopic (exact) mass is 248 g/mol. The normalized spacial score (nSPS) is 13.8. The van der Waals surface area contributed by atoms with Gasteiger partial charge < -0.3 is 25.6 Å². The van der Waals surface area contributed by atoms with Crippen LogP contribution in [0, 0.1) is 0 Å². The van der Waals surface area contributed by atoms with Crippen LogP contribution in [0.15, 0.2) is 0 Å². The molecule has 7 heteroatoms. The van der Waals surface area contributed by atoms with Crippen LogP contribution in [0.25, 0.3) is 0 Å². The Kier molecular flexibility index (Phi) is 8.08.